The number of allylic oxidation sites excluding steroid dienone is 3. The number of rotatable bonds is 5. The molecule has 0 saturated carbocycles. The zero-order chi connectivity index (χ0) is 9.94. The molecule has 0 fully saturated rings. The van der Waals surface area contributed by atoms with Gasteiger partial charge in [-0.2, -0.15) is 5.26 Å². The molecule has 0 N–H and O–H groups in total. The number of unbranched alkanes of at least 4 members (excludes halogenated alkanes) is 1. The Hall–Kier alpha value is -1.56. The highest BCUT2D eigenvalue weighted by atomic mass is 16.5. The molecule has 0 atom stereocenters. The average molecular weight is 179 g/mol. The van der Waals surface area contributed by atoms with Gasteiger partial charge in [0.15, 0.2) is 0 Å². The van der Waals surface area contributed by atoms with Crippen molar-refractivity contribution >= 4 is 5.97 Å². The van der Waals surface area contributed by atoms with E-state index in [1.54, 1.807) is 0 Å². The Morgan fingerprint density at radius 2 is 2.31 bits per heavy atom. The maximum atomic E-state index is 10.9. The van der Waals surface area contributed by atoms with Crippen LogP contribution in [0.3, 0.4) is 0 Å². The lowest BCUT2D eigenvalue weighted by atomic mass is 10.4. The number of nitrogens with zero attached hydrogens (tertiary/aromatic N) is 1. The largest absolute Gasteiger partial charge is 0.463 e. The third-order valence-corrected chi connectivity index (χ3v) is 1.26. The summed E-state index contributed by atoms with van der Waals surface area (Å²) < 4.78 is 4.82. The quantitative estimate of drug-likeness (QED) is 0.213. The third-order valence-electron chi connectivity index (χ3n) is 1.26. The molecule has 0 unspecified atom stereocenters. The molecular formula is C10H13NO2. The van der Waals surface area contributed by atoms with E-state index in [1.165, 1.54) is 24.3 Å². The van der Waals surface area contributed by atoms with Crippen LogP contribution in [-0.2, 0) is 9.53 Å². The van der Waals surface area contributed by atoms with E-state index in [-0.39, 0.29) is 5.97 Å². The Labute approximate surface area is 78.3 Å². The van der Waals surface area contributed by atoms with Crippen LogP contribution >= 0.6 is 0 Å². The van der Waals surface area contributed by atoms with Crippen LogP contribution in [0.25, 0.3) is 0 Å². The van der Waals surface area contributed by atoms with Crippen molar-refractivity contribution in [1.82, 2.24) is 0 Å². The summed E-state index contributed by atoms with van der Waals surface area (Å²) in [6, 6.07) is 1.81. The van der Waals surface area contributed by atoms with Gasteiger partial charge in [0.25, 0.3) is 0 Å². The van der Waals surface area contributed by atoms with Crippen molar-refractivity contribution in [3.05, 3.63) is 24.3 Å². The van der Waals surface area contributed by atoms with Gasteiger partial charge in [0.05, 0.1) is 12.7 Å². The van der Waals surface area contributed by atoms with Gasteiger partial charge in [-0.3, -0.25) is 0 Å². The monoisotopic (exact) mass is 179 g/mol. The molecule has 0 aromatic heterocycles. The van der Waals surface area contributed by atoms with Crippen LogP contribution in [0.4, 0.5) is 0 Å². The van der Waals surface area contributed by atoms with E-state index in [1.807, 2.05) is 13.0 Å². The lowest BCUT2D eigenvalue weighted by Gasteiger charge is -1.97. The second-order valence-electron chi connectivity index (χ2n) is 2.37. The van der Waals surface area contributed by atoms with E-state index in [4.69, 9.17) is 10.00 Å². The van der Waals surface area contributed by atoms with Crippen LogP contribution in [0, 0.1) is 11.3 Å². The Balaban J connectivity index is 3.57. The predicted molar refractivity (Wildman–Crippen MR) is 49.8 cm³/mol. The second kappa shape index (κ2) is 8.54. The fraction of sp³-hybridized carbons (Fsp3) is 0.400. The highest BCUT2D eigenvalue weighted by molar-refractivity contribution is 5.82. The van der Waals surface area contributed by atoms with Crippen molar-refractivity contribution in [2.24, 2.45) is 0 Å². The van der Waals surface area contributed by atoms with Crippen molar-refractivity contribution in [3.63, 3.8) is 0 Å². The van der Waals surface area contributed by atoms with Gasteiger partial charge in [-0.15, -0.1) is 0 Å². The molecule has 3 heteroatoms. The van der Waals surface area contributed by atoms with Crippen LogP contribution < -0.4 is 0 Å². The number of carbonyl (C=O) groups excluding carboxylic acids is 1. The standard InChI is InChI=1S/C10H13NO2/c1-2-3-9-13-10(12)7-5-4-6-8-11/h4-7H,2-3,9H2,1H3. The first-order valence-corrected chi connectivity index (χ1v) is 4.20. The Morgan fingerprint density at radius 3 is 2.92 bits per heavy atom. The molecule has 0 aromatic rings. The predicted octanol–water partition coefficient (Wildman–Crippen LogP) is 1.97. The van der Waals surface area contributed by atoms with Crippen molar-refractivity contribution in [2.45, 2.75) is 19.8 Å². The summed E-state index contributed by atoms with van der Waals surface area (Å²) in [5.41, 5.74) is 0. The van der Waals surface area contributed by atoms with Crippen LogP contribution in [0.2, 0.25) is 0 Å². The molecule has 0 rings (SSSR count). The van der Waals surface area contributed by atoms with Gasteiger partial charge in [-0.05, 0) is 6.42 Å². The lowest BCUT2D eigenvalue weighted by Crippen LogP contribution is -2.01. The topological polar surface area (TPSA) is 50.1 Å². The van der Waals surface area contributed by atoms with Gasteiger partial charge in [0.1, 0.15) is 0 Å². The number of hydrogen-bond donors (Lipinski definition) is 0. The molecule has 0 bridgehead atoms. The van der Waals surface area contributed by atoms with Crippen LogP contribution in [0.5, 0.6) is 0 Å². The highest BCUT2D eigenvalue weighted by Crippen LogP contribution is 1.89. The highest BCUT2D eigenvalue weighted by Gasteiger charge is 1.93. The Morgan fingerprint density at radius 1 is 1.54 bits per heavy atom. The Kier molecular flexibility index (Phi) is 7.51. The molecule has 3 nitrogen and oxygen atoms in total. The molecule has 0 aromatic carbocycles. The molecule has 0 heterocycles. The van der Waals surface area contributed by atoms with Gasteiger partial charge < -0.3 is 4.74 Å². The molecule has 70 valence electrons. The fourth-order valence-electron chi connectivity index (χ4n) is 0.598. The molecule has 0 saturated heterocycles. The van der Waals surface area contributed by atoms with Crippen molar-refractivity contribution in [2.75, 3.05) is 6.61 Å². The number of nitriles is 1. The van der Waals surface area contributed by atoms with E-state index < -0.39 is 0 Å². The summed E-state index contributed by atoms with van der Waals surface area (Å²) >= 11 is 0. The zero-order valence-electron chi connectivity index (χ0n) is 7.69. The van der Waals surface area contributed by atoms with Gasteiger partial charge in [-0.25, -0.2) is 4.79 Å². The van der Waals surface area contributed by atoms with Gasteiger partial charge in [0.2, 0.25) is 0 Å². The lowest BCUT2D eigenvalue weighted by molar-refractivity contribution is -0.137. The smallest absolute Gasteiger partial charge is 0.330 e. The molecule has 0 aliphatic rings. The molecule has 13 heavy (non-hydrogen) atoms. The summed E-state index contributed by atoms with van der Waals surface area (Å²) in [5.74, 6) is -0.365. The summed E-state index contributed by atoms with van der Waals surface area (Å²) in [6.07, 6.45) is 7.44. The minimum Gasteiger partial charge on any atom is -0.463 e. The first-order valence-electron chi connectivity index (χ1n) is 4.20. The van der Waals surface area contributed by atoms with Gasteiger partial charge in [-0.1, -0.05) is 25.5 Å². The van der Waals surface area contributed by atoms with Gasteiger partial charge in [0, 0.05) is 12.2 Å². The molecule has 0 aliphatic heterocycles. The van der Waals surface area contributed by atoms with E-state index in [0.29, 0.717) is 6.61 Å². The van der Waals surface area contributed by atoms with E-state index >= 15 is 0 Å². The van der Waals surface area contributed by atoms with E-state index in [9.17, 15) is 4.79 Å². The Bertz CT molecular complexity index is 236. The number of esters is 1. The number of ether oxygens (including phenoxy) is 1. The minimum absolute atomic E-state index is 0.365. The zero-order valence-corrected chi connectivity index (χ0v) is 7.69. The van der Waals surface area contributed by atoms with Crippen molar-refractivity contribution in [3.8, 4) is 6.07 Å². The van der Waals surface area contributed by atoms with Crippen LogP contribution in [0.1, 0.15) is 19.8 Å². The first kappa shape index (κ1) is 11.4. The van der Waals surface area contributed by atoms with E-state index in [0.717, 1.165) is 12.8 Å². The normalized spacial score (nSPS) is 10.5. The summed E-state index contributed by atoms with van der Waals surface area (Å²) in [7, 11) is 0. The molecular weight excluding hydrogens is 166 g/mol. The van der Waals surface area contributed by atoms with Crippen LogP contribution in [0.15, 0.2) is 24.3 Å². The molecule has 0 aliphatic carbocycles. The minimum atomic E-state index is -0.365. The average Bonchev–Trinajstić information content (AvgIpc) is 2.13. The maximum Gasteiger partial charge on any atom is 0.330 e. The van der Waals surface area contributed by atoms with Gasteiger partial charge >= 0.3 is 5.97 Å². The summed E-state index contributed by atoms with van der Waals surface area (Å²) in [6.45, 7) is 2.49. The first-order chi connectivity index (χ1) is 6.31. The fourth-order valence-corrected chi connectivity index (χ4v) is 0.598. The third kappa shape index (κ3) is 8.35. The molecule has 0 radical (unpaired) electrons. The summed E-state index contributed by atoms with van der Waals surface area (Å²) in [5, 5.41) is 8.12. The maximum absolute atomic E-state index is 10.9. The molecule has 0 spiro atoms. The second-order valence-corrected chi connectivity index (χ2v) is 2.37. The van der Waals surface area contributed by atoms with E-state index in [2.05, 4.69) is 0 Å². The van der Waals surface area contributed by atoms with Crippen molar-refractivity contribution < 1.29 is 9.53 Å². The van der Waals surface area contributed by atoms with Crippen molar-refractivity contribution in [1.29, 1.82) is 5.26 Å². The van der Waals surface area contributed by atoms with Crippen LogP contribution in [-0.4, -0.2) is 12.6 Å². The number of hydrogen-bond acceptors (Lipinski definition) is 3. The SMILES string of the molecule is CCCCOC(=O)C=CC=CC#N. The molecule has 0 amide bonds. The number of carbonyl (C=O) groups is 1. The summed E-state index contributed by atoms with van der Waals surface area (Å²) in [4.78, 5) is 10.9.